The van der Waals surface area contributed by atoms with Crippen LogP contribution in [-0.2, 0) is 0 Å². The number of aromatic nitrogens is 3. The number of phenols is 1. The normalized spacial score (nSPS) is 10.7. The Morgan fingerprint density at radius 1 is 1.48 bits per heavy atom. The maximum atomic E-state index is 11.3. The molecule has 0 saturated carbocycles. The van der Waals surface area contributed by atoms with Crippen LogP contribution in [0.4, 0.5) is 11.6 Å². The highest BCUT2D eigenvalue weighted by atomic mass is 16.6. The summed E-state index contributed by atoms with van der Waals surface area (Å²) >= 11 is 0. The SMILES string of the molecule is COc1cc([N+](=O)[O-])cc(/C=N/Nc2nnc(C)c(=O)[nH]2)c1O. The van der Waals surface area contributed by atoms with E-state index in [1.165, 1.54) is 14.0 Å². The molecule has 2 aromatic rings. The number of hydrogen-bond donors (Lipinski definition) is 3. The summed E-state index contributed by atoms with van der Waals surface area (Å²) in [5.74, 6) is -0.398. The van der Waals surface area contributed by atoms with Crippen LogP contribution in [0.15, 0.2) is 22.0 Å². The first-order valence-corrected chi connectivity index (χ1v) is 6.20. The molecule has 3 N–H and O–H groups in total. The van der Waals surface area contributed by atoms with Gasteiger partial charge in [-0.2, -0.15) is 5.10 Å². The number of hydrogen-bond acceptors (Lipinski definition) is 9. The Balaban J connectivity index is 2.27. The van der Waals surface area contributed by atoms with E-state index < -0.39 is 10.5 Å². The van der Waals surface area contributed by atoms with Gasteiger partial charge in [0.15, 0.2) is 11.5 Å². The largest absolute Gasteiger partial charge is 0.504 e. The number of non-ortho nitro benzene ring substituents is 1. The minimum absolute atomic E-state index is 0.0197. The molecule has 2 rings (SSSR count). The first kappa shape index (κ1) is 15.9. The number of nitrogens with one attached hydrogen (secondary N) is 2. The third kappa shape index (κ3) is 3.58. The maximum absolute atomic E-state index is 11.3. The summed E-state index contributed by atoms with van der Waals surface area (Å²) in [6.45, 7) is 1.49. The molecule has 0 bridgehead atoms. The zero-order valence-corrected chi connectivity index (χ0v) is 12.1. The Bertz CT molecular complexity index is 831. The molecule has 0 aliphatic rings. The highest BCUT2D eigenvalue weighted by Crippen LogP contribution is 2.33. The smallest absolute Gasteiger partial charge is 0.274 e. The second-order valence-corrected chi connectivity index (χ2v) is 4.30. The molecule has 23 heavy (non-hydrogen) atoms. The van der Waals surface area contributed by atoms with Gasteiger partial charge in [-0.25, -0.2) is 5.43 Å². The number of anilines is 1. The molecule has 0 spiro atoms. The Morgan fingerprint density at radius 3 is 2.83 bits per heavy atom. The number of aryl methyl sites for hydroxylation is 1. The lowest BCUT2D eigenvalue weighted by atomic mass is 10.2. The number of phenolic OH excluding ortho intramolecular Hbond substituents is 1. The van der Waals surface area contributed by atoms with Crippen LogP contribution >= 0.6 is 0 Å². The van der Waals surface area contributed by atoms with Crippen molar-refractivity contribution in [1.82, 2.24) is 15.2 Å². The number of aromatic amines is 1. The molecule has 0 atom stereocenters. The van der Waals surface area contributed by atoms with E-state index in [-0.39, 0.29) is 34.4 Å². The van der Waals surface area contributed by atoms with Crippen molar-refractivity contribution in [2.24, 2.45) is 5.10 Å². The number of nitro benzene ring substituents is 1. The lowest BCUT2D eigenvalue weighted by Gasteiger charge is -2.05. The van der Waals surface area contributed by atoms with Crippen molar-refractivity contribution in [1.29, 1.82) is 0 Å². The quantitative estimate of drug-likeness (QED) is 0.409. The summed E-state index contributed by atoms with van der Waals surface area (Å²) in [4.78, 5) is 23.9. The number of benzene rings is 1. The molecule has 0 aliphatic carbocycles. The second kappa shape index (κ2) is 6.51. The Morgan fingerprint density at radius 2 is 2.22 bits per heavy atom. The van der Waals surface area contributed by atoms with Gasteiger partial charge in [-0.15, -0.1) is 10.2 Å². The van der Waals surface area contributed by atoms with Gasteiger partial charge in [-0.3, -0.25) is 19.9 Å². The molecule has 0 radical (unpaired) electrons. The third-order valence-corrected chi connectivity index (χ3v) is 2.75. The van der Waals surface area contributed by atoms with Crippen molar-refractivity contribution < 1.29 is 14.8 Å². The molecular formula is C12H12N6O5. The predicted molar refractivity (Wildman–Crippen MR) is 79.9 cm³/mol. The summed E-state index contributed by atoms with van der Waals surface area (Å²) in [5, 5.41) is 31.7. The lowest BCUT2D eigenvalue weighted by molar-refractivity contribution is -0.385. The van der Waals surface area contributed by atoms with Crippen molar-refractivity contribution in [3.63, 3.8) is 0 Å². The van der Waals surface area contributed by atoms with Crippen LogP contribution in [0.5, 0.6) is 11.5 Å². The second-order valence-electron chi connectivity index (χ2n) is 4.30. The van der Waals surface area contributed by atoms with Gasteiger partial charge in [0.05, 0.1) is 24.3 Å². The van der Waals surface area contributed by atoms with E-state index >= 15 is 0 Å². The summed E-state index contributed by atoms with van der Waals surface area (Å²) in [7, 11) is 1.27. The van der Waals surface area contributed by atoms with Gasteiger partial charge >= 0.3 is 0 Å². The van der Waals surface area contributed by atoms with Crippen LogP contribution in [-0.4, -0.2) is 38.5 Å². The zero-order chi connectivity index (χ0) is 17.0. The number of hydrazone groups is 1. The molecule has 1 aromatic heterocycles. The van der Waals surface area contributed by atoms with Crippen LogP contribution < -0.4 is 15.7 Å². The molecule has 11 nitrogen and oxygen atoms in total. The summed E-state index contributed by atoms with van der Waals surface area (Å²) in [6.07, 6.45) is 1.12. The van der Waals surface area contributed by atoms with Gasteiger partial charge in [0.1, 0.15) is 5.69 Å². The Labute approximate surface area is 128 Å². The monoisotopic (exact) mass is 320 g/mol. The number of ether oxygens (including phenoxy) is 1. The van der Waals surface area contributed by atoms with Crippen molar-refractivity contribution in [3.05, 3.63) is 43.9 Å². The molecule has 120 valence electrons. The highest BCUT2D eigenvalue weighted by molar-refractivity contribution is 5.86. The number of rotatable bonds is 5. The Hall–Kier alpha value is -3.50. The summed E-state index contributed by atoms with van der Waals surface area (Å²) in [5.41, 5.74) is 1.93. The van der Waals surface area contributed by atoms with Crippen LogP contribution in [0, 0.1) is 17.0 Å². The van der Waals surface area contributed by atoms with Crippen LogP contribution in [0.3, 0.4) is 0 Å². The topological polar surface area (TPSA) is 156 Å². The molecule has 0 unspecified atom stereocenters. The average molecular weight is 320 g/mol. The van der Waals surface area contributed by atoms with Crippen molar-refractivity contribution in [2.75, 3.05) is 12.5 Å². The fourth-order valence-corrected chi connectivity index (χ4v) is 1.58. The van der Waals surface area contributed by atoms with E-state index in [1.807, 2.05) is 0 Å². The first-order chi connectivity index (χ1) is 10.9. The number of aromatic hydroxyl groups is 1. The fourth-order valence-electron chi connectivity index (χ4n) is 1.58. The van der Waals surface area contributed by atoms with Crippen LogP contribution in [0.25, 0.3) is 0 Å². The number of methoxy groups -OCH3 is 1. The van der Waals surface area contributed by atoms with Gasteiger partial charge in [-0.1, -0.05) is 0 Å². The molecule has 1 aromatic carbocycles. The summed E-state index contributed by atoms with van der Waals surface area (Å²) in [6, 6.07) is 2.20. The fraction of sp³-hybridized carbons (Fsp3) is 0.167. The molecule has 0 fully saturated rings. The van der Waals surface area contributed by atoms with Crippen molar-refractivity contribution in [2.45, 2.75) is 6.92 Å². The average Bonchev–Trinajstić information content (AvgIpc) is 2.52. The predicted octanol–water partition coefficient (Wildman–Crippen LogP) is 0.542. The molecule has 11 heteroatoms. The van der Waals surface area contributed by atoms with Crippen LogP contribution in [0.1, 0.15) is 11.3 Å². The van der Waals surface area contributed by atoms with Gasteiger partial charge in [0, 0.05) is 11.6 Å². The van der Waals surface area contributed by atoms with E-state index in [0.717, 1.165) is 18.3 Å². The third-order valence-electron chi connectivity index (χ3n) is 2.75. The first-order valence-electron chi connectivity index (χ1n) is 6.20. The molecule has 0 amide bonds. The van der Waals surface area contributed by atoms with Crippen molar-refractivity contribution in [3.8, 4) is 11.5 Å². The maximum Gasteiger partial charge on any atom is 0.274 e. The van der Waals surface area contributed by atoms with Gasteiger partial charge in [0.2, 0.25) is 5.95 Å². The molecule has 0 aliphatic heterocycles. The highest BCUT2D eigenvalue weighted by Gasteiger charge is 2.15. The minimum Gasteiger partial charge on any atom is -0.504 e. The van der Waals surface area contributed by atoms with Crippen LogP contribution in [0.2, 0.25) is 0 Å². The van der Waals surface area contributed by atoms with E-state index in [0.29, 0.717) is 0 Å². The lowest BCUT2D eigenvalue weighted by Crippen LogP contribution is -2.15. The molecular weight excluding hydrogens is 308 g/mol. The van der Waals surface area contributed by atoms with Crippen molar-refractivity contribution >= 4 is 17.9 Å². The van der Waals surface area contributed by atoms with E-state index in [1.54, 1.807) is 0 Å². The molecule has 1 heterocycles. The number of H-pyrrole nitrogens is 1. The van der Waals surface area contributed by atoms with E-state index in [9.17, 15) is 20.0 Å². The summed E-state index contributed by atoms with van der Waals surface area (Å²) < 4.78 is 4.86. The zero-order valence-electron chi connectivity index (χ0n) is 12.1. The number of nitrogens with zero attached hydrogens (tertiary/aromatic N) is 4. The van der Waals surface area contributed by atoms with Gasteiger partial charge < -0.3 is 9.84 Å². The molecule has 0 saturated heterocycles. The minimum atomic E-state index is -0.629. The Kier molecular flexibility index (Phi) is 4.50. The number of nitro groups is 1. The van der Waals surface area contributed by atoms with Gasteiger partial charge in [-0.05, 0) is 6.92 Å². The van der Waals surface area contributed by atoms with Gasteiger partial charge in [0.25, 0.3) is 11.2 Å². The standard InChI is InChI=1S/C12H12N6O5/c1-6-11(20)14-12(17-15-6)16-13-5-7-3-8(18(21)22)4-9(23-2)10(7)19/h3-5,19H,1-2H3,(H2,14,16,17,20)/b13-5+. The van der Waals surface area contributed by atoms with E-state index in [2.05, 4.69) is 25.7 Å². The van der Waals surface area contributed by atoms with E-state index in [4.69, 9.17) is 4.74 Å².